The molecule has 0 spiro atoms. The van der Waals surface area contributed by atoms with Crippen LogP contribution in [0.5, 0.6) is 11.5 Å². The van der Waals surface area contributed by atoms with Crippen molar-refractivity contribution in [1.29, 1.82) is 0 Å². The molecule has 4 bridgehead atoms. The molecule has 4 nitrogen and oxygen atoms in total. The van der Waals surface area contributed by atoms with Crippen molar-refractivity contribution in [2.24, 2.45) is 11.8 Å². The van der Waals surface area contributed by atoms with Crippen molar-refractivity contribution >= 4 is 23.2 Å². The Morgan fingerprint density at radius 3 is 2.48 bits per heavy atom. The van der Waals surface area contributed by atoms with E-state index < -0.39 is 5.60 Å². The van der Waals surface area contributed by atoms with E-state index in [1.165, 1.54) is 19.3 Å². The summed E-state index contributed by atoms with van der Waals surface area (Å²) >= 11 is 12.2. The number of hydrogen-bond donors (Lipinski definition) is 2. The monoisotopic (exact) mass is 461 g/mol. The minimum absolute atomic E-state index is 0.0760. The standard InChI is InChI=1S/C25H29Cl2NO3/c1-30-23-7-16(2-5-22(23)31-14-19-3-4-20(26)8-21(19)27)13-28-24-9-17-6-18(10-24)12-25(29,11-17)15-24/h2-5,7-8,17-18,28-29H,6,9-15H2,1H3. The Morgan fingerprint density at radius 2 is 1.81 bits per heavy atom. The highest BCUT2D eigenvalue weighted by Crippen LogP contribution is 2.57. The number of halogens is 2. The van der Waals surface area contributed by atoms with Gasteiger partial charge < -0.3 is 19.9 Å². The Hall–Kier alpha value is -1.46. The lowest BCUT2D eigenvalue weighted by atomic mass is 9.51. The fraction of sp³-hybridized carbons (Fsp3) is 0.520. The van der Waals surface area contributed by atoms with Crippen LogP contribution in [0.25, 0.3) is 0 Å². The van der Waals surface area contributed by atoms with Gasteiger partial charge in [0.05, 0.1) is 12.7 Å². The van der Waals surface area contributed by atoms with E-state index in [2.05, 4.69) is 11.4 Å². The van der Waals surface area contributed by atoms with E-state index in [4.69, 9.17) is 32.7 Å². The highest BCUT2D eigenvalue weighted by Gasteiger charge is 2.56. The molecule has 2 N–H and O–H groups in total. The van der Waals surface area contributed by atoms with Crippen LogP contribution in [-0.4, -0.2) is 23.4 Å². The zero-order valence-electron chi connectivity index (χ0n) is 17.8. The van der Waals surface area contributed by atoms with Gasteiger partial charge in [-0.1, -0.05) is 35.3 Å². The first-order valence-corrected chi connectivity index (χ1v) is 11.8. The van der Waals surface area contributed by atoms with Gasteiger partial charge in [0, 0.05) is 27.7 Å². The van der Waals surface area contributed by atoms with Crippen molar-refractivity contribution in [2.75, 3.05) is 7.11 Å². The van der Waals surface area contributed by atoms with Gasteiger partial charge in [-0.15, -0.1) is 0 Å². The summed E-state index contributed by atoms with van der Waals surface area (Å²) in [5, 5.41) is 16.0. The number of nitrogens with one attached hydrogen (secondary N) is 1. The summed E-state index contributed by atoms with van der Waals surface area (Å²) in [5.41, 5.74) is 1.65. The summed E-state index contributed by atoms with van der Waals surface area (Å²) in [6.45, 7) is 1.10. The molecule has 2 aromatic rings. The molecule has 0 radical (unpaired) electrons. The third kappa shape index (κ3) is 4.41. The van der Waals surface area contributed by atoms with Crippen LogP contribution in [0.15, 0.2) is 36.4 Å². The van der Waals surface area contributed by atoms with Crippen LogP contribution in [0, 0.1) is 11.8 Å². The van der Waals surface area contributed by atoms with Crippen LogP contribution in [0.4, 0.5) is 0 Å². The van der Waals surface area contributed by atoms with Gasteiger partial charge in [0.1, 0.15) is 6.61 Å². The first kappa shape index (κ1) is 21.4. The number of ether oxygens (including phenoxy) is 2. The molecule has 4 fully saturated rings. The van der Waals surface area contributed by atoms with E-state index >= 15 is 0 Å². The van der Waals surface area contributed by atoms with E-state index in [9.17, 15) is 5.11 Å². The second-order valence-electron chi connectivity index (χ2n) is 9.83. The van der Waals surface area contributed by atoms with Gasteiger partial charge in [-0.2, -0.15) is 0 Å². The highest BCUT2D eigenvalue weighted by molar-refractivity contribution is 6.35. The summed E-state index contributed by atoms with van der Waals surface area (Å²) in [6, 6.07) is 11.4. The third-order valence-corrected chi connectivity index (χ3v) is 7.91. The van der Waals surface area contributed by atoms with Crippen molar-refractivity contribution in [2.45, 2.75) is 62.8 Å². The van der Waals surface area contributed by atoms with E-state index in [1.807, 2.05) is 18.2 Å². The van der Waals surface area contributed by atoms with Crippen LogP contribution in [0.1, 0.15) is 49.7 Å². The van der Waals surface area contributed by atoms with E-state index in [-0.39, 0.29) is 5.54 Å². The zero-order valence-corrected chi connectivity index (χ0v) is 19.3. The molecule has 6 heteroatoms. The summed E-state index contributed by atoms with van der Waals surface area (Å²) in [6.07, 6.45) is 6.53. The van der Waals surface area contributed by atoms with Crippen LogP contribution < -0.4 is 14.8 Å². The first-order chi connectivity index (χ1) is 14.9. The minimum Gasteiger partial charge on any atom is -0.493 e. The molecule has 2 aromatic carbocycles. The normalized spacial score (nSPS) is 31.1. The van der Waals surface area contributed by atoms with Gasteiger partial charge in [-0.25, -0.2) is 0 Å². The molecular formula is C25H29Cl2NO3. The van der Waals surface area contributed by atoms with Gasteiger partial charge in [-0.05, 0) is 80.2 Å². The summed E-state index contributed by atoms with van der Waals surface area (Å²) in [5.74, 6) is 2.72. The molecule has 0 saturated heterocycles. The molecule has 4 saturated carbocycles. The highest BCUT2D eigenvalue weighted by atomic mass is 35.5. The fourth-order valence-electron chi connectivity index (χ4n) is 6.45. The molecular weight excluding hydrogens is 433 g/mol. The second-order valence-corrected chi connectivity index (χ2v) is 10.7. The average molecular weight is 462 g/mol. The lowest BCUT2D eigenvalue weighted by molar-refractivity contribution is -0.142. The maximum Gasteiger partial charge on any atom is 0.161 e. The Morgan fingerprint density at radius 1 is 1.03 bits per heavy atom. The van der Waals surface area contributed by atoms with Crippen LogP contribution in [0.2, 0.25) is 10.0 Å². The minimum atomic E-state index is -0.449. The molecule has 0 amide bonds. The van der Waals surface area contributed by atoms with Crippen LogP contribution in [0.3, 0.4) is 0 Å². The molecule has 166 valence electrons. The van der Waals surface area contributed by atoms with Gasteiger partial charge in [0.15, 0.2) is 11.5 Å². The number of benzene rings is 2. The van der Waals surface area contributed by atoms with Crippen LogP contribution in [-0.2, 0) is 13.2 Å². The van der Waals surface area contributed by atoms with Crippen molar-refractivity contribution in [3.05, 3.63) is 57.6 Å². The number of rotatable bonds is 7. The van der Waals surface area contributed by atoms with Gasteiger partial charge in [0.2, 0.25) is 0 Å². The molecule has 0 aliphatic heterocycles. The average Bonchev–Trinajstić information content (AvgIpc) is 2.70. The van der Waals surface area contributed by atoms with Gasteiger partial charge in [-0.3, -0.25) is 0 Å². The summed E-state index contributed by atoms with van der Waals surface area (Å²) in [7, 11) is 1.66. The molecule has 2 unspecified atom stereocenters. The van der Waals surface area contributed by atoms with Crippen molar-refractivity contribution in [3.8, 4) is 11.5 Å². The van der Waals surface area contributed by atoms with Crippen molar-refractivity contribution in [3.63, 3.8) is 0 Å². The van der Waals surface area contributed by atoms with Crippen molar-refractivity contribution < 1.29 is 14.6 Å². The van der Waals surface area contributed by atoms with Gasteiger partial charge in [0.25, 0.3) is 0 Å². The number of hydrogen-bond acceptors (Lipinski definition) is 4. The first-order valence-electron chi connectivity index (χ1n) is 11.1. The quantitative estimate of drug-likeness (QED) is 0.550. The largest absolute Gasteiger partial charge is 0.493 e. The Labute approximate surface area is 193 Å². The second kappa shape index (κ2) is 8.15. The Bertz CT molecular complexity index is 965. The predicted molar refractivity (Wildman–Crippen MR) is 123 cm³/mol. The maximum absolute atomic E-state index is 11.0. The Kier molecular flexibility index (Phi) is 5.62. The number of aliphatic hydroxyl groups is 1. The fourth-order valence-corrected chi connectivity index (χ4v) is 6.91. The summed E-state index contributed by atoms with van der Waals surface area (Å²) < 4.78 is 11.6. The molecule has 0 aromatic heterocycles. The molecule has 6 rings (SSSR count). The molecule has 31 heavy (non-hydrogen) atoms. The van der Waals surface area contributed by atoms with E-state index in [0.29, 0.717) is 40.0 Å². The van der Waals surface area contributed by atoms with E-state index in [1.54, 1.807) is 19.2 Å². The SMILES string of the molecule is COc1cc(CNC23CC4CC(CC(O)(C4)C2)C3)ccc1OCc1ccc(Cl)cc1Cl. The maximum atomic E-state index is 11.0. The summed E-state index contributed by atoms with van der Waals surface area (Å²) in [4.78, 5) is 0. The molecule has 0 heterocycles. The molecule has 4 aliphatic carbocycles. The van der Waals surface area contributed by atoms with Crippen LogP contribution >= 0.6 is 23.2 Å². The zero-order chi connectivity index (χ0) is 21.6. The van der Waals surface area contributed by atoms with Crippen molar-refractivity contribution in [1.82, 2.24) is 5.32 Å². The predicted octanol–water partition coefficient (Wildman–Crippen LogP) is 5.75. The molecule has 2 atom stereocenters. The lowest BCUT2D eigenvalue weighted by Crippen LogP contribution is -2.64. The Balaban J connectivity index is 1.25. The van der Waals surface area contributed by atoms with Gasteiger partial charge >= 0.3 is 0 Å². The molecule has 4 aliphatic rings. The van der Waals surface area contributed by atoms with E-state index in [0.717, 1.165) is 36.9 Å². The smallest absolute Gasteiger partial charge is 0.161 e. The number of methoxy groups -OCH3 is 1. The topological polar surface area (TPSA) is 50.7 Å². The lowest BCUT2D eigenvalue weighted by Gasteiger charge is -2.60. The third-order valence-electron chi connectivity index (χ3n) is 7.32.